The van der Waals surface area contributed by atoms with Crippen molar-refractivity contribution in [2.24, 2.45) is 5.92 Å². The number of benzene rings is 1. The number of carboxylic acids is 1. The molecule has 1 aromatic rings. The fraction of sp³-hybridized carbons (Fsp3) is 0.556. The van der Waals surface area contributed by atoms with Crippen LogP contribution in [0.4, 0.5) is 0 Å². The van der Waals surface area contributed by atoms with E-state index in [-0.39, 0.29) is 11.7 Å². The van der Waals surface area contributed by atoms with Crippen LogP contribution in [0.5, 0.6) is 5.75 Å². The van der Waals surface area contributed by atoms with Crippen molar-refractivity contribution in [2.75, 3.05) is 24.7 Å². The second-order valence-corrected chi connectivity index (χ2v) is 7.15. The molecule has 0 aliphatic heterocycles. The van der Waals surface area contributed by atoms with Gasteiger partial charge in [0.25, 0.3) is 5.91 Å². The zero-order valence-corrected chi connectivity index (χ0v) is 14.6. The Labute approximate surface area is 147 Å². The van der Waals surface area contributed by atoms with Gasteiger partial charge < -0.3 is 15.2 Å². The lowest BCUT2D eigenvalue weighted by molar-refractivity contribution is -0.133. The Kier molecular flexibility index (Phi) is 7.95. The van der Waals surface area contributed by atoms with Gasteiger partial charge in [-0.25, -0.2) is 0 Å². The van der Waals surface area contributed by atoms with Crippen LogP contribution in [0.15, 0.2) is 24.3 Å². The summed E-state index contributed by atoms with van der Waals surface area (Å²) in [6.07, 6.45) is 6.45. The molecule has 0 spiro atoms. The van der Waals surface area contributed by atoms with Gasteiger partial charge in [-0.2, -0.15) is 0 Å². The second kappa shape index (κ2) is 10.2. The highest BCUT2D eigenvalue weighted by Crippen LogP contribution is 2.24. The van der Waals surface area contributed by atoms with Crippen LogP contribution in [0.3, 0.4) is 0 Å². The number of amides is 1. The summed E-state index contributed by atoms with van der Waals surface area (Å²) in [6, 6.07) is 7.18. The van der Waals surface area contributed by atoms with Crippen molar-refractivity contribution >= 4 is 23.6 Å². The highest BCUT2D eigenvalue weighted by molar-refractivity contribution is 7.99. The number of aliphatic carboxylic acids is 1. The lowest BCUT2D eigenvalue weighted by atomic mass is 9.90. The van der Waals surface area contributed by atoms with Crippen LogP contribution in [-0.4, -0.2) is 41.6 Å². The van der Waals surface area contributed by atoms with Gasteiger partial charge in [0.05, 0.1) is 12.4 Å². The largest absolute Gasteiger partial charge is 0.493 e. The number of hydrogen-bond acceptors (Lipinski definition) is 4. The Hall–Kier alpha value is -1.69. The van der Waals surface area contributed by atoms with E-state index in [0.29, 0.717) is 23.8 Å². The van der Waals surface area contributed by atoms with Crippen LogP contribution in [0.2, 0.25) is 0 Å². The predicted octanol–water partition coefficient (Wildman–Crippen LogP) is 3.19. The molecule has 1 aliphatic rings. The zero-order valence-electron chi connectivity index (χ0n) is 13.8. The van der Waals surface area contributed by atoms with Crippen molar-refractivity contribution in [1.82, 2.24) is 5.32 Å². The van der Waals surface area contributed by atoms with Crippen molar-refractivity contribution in [3.63, 3.8) is 0 Å². The molecule has 0 unspecified atom stereocenters. The topological polar surface area (TPSA) is 75.6 Å². The Bertz CT molecular complexity index is 526. The SMILES string of the molecule is O=C(O)CSCCNC(=O)c1ccc(OCC2CCCCC2)cc1. The molecule has 0 bridgehead atoms. The summed E-state index contributed by atoms with van der Waals surface area (Å²) in [4.78, 5) is 22.4. The van der Waals surface area contributed by atoms with Crippen molar-refractivity contribution in [1.29, 1.82) is 0 Å². The summed E-state index contributed by atoms with van der Waals surface area (Å²) in [6.45, 7) is 1.21. The van der Waals surface area contributed by atoms with Crippen LogP contribution in [0.1, 0.15) is 42.5 Å². The molecule has 6 heteroatoms. The van der Waals surface area contributed by atoms with Gasteiger partial charge in [0.1, 0.15) is 5.75 Å². The zero-order chi connectivity index (χ0) is 17.2. The summed E-state index contributed by atoms with van der Waals surface area (Å²) in [5.74, 6) is 1.11. The van der Waals surface area contributed by atoms with Gasteiger partial charge in [-0.15, -0.1) is 11.8 Å². The van der Waals surface area contributed by atoms with Gasteiger partial charge in [-0.1, -0.05) is 19.3 Å². The summed E-state index contributed by atoms with van der Waals surface area (Å²) in [7, 11) is 0. The van der Waals surface area contributed by atoms with E-state index < -0.39 is 5.97 Å². The Morgan fingerprint density at radius 2 is 1.88 bits per heavy atom. The third-order valence-electron chi connectivity index (χ3n) is 4.08. The maximum Gasteiger partial charge on any atom is 0.313 e. The molecule has 1 amide bonds. The molecule has 0 saturated heterocycles. The number of ether oxygens (including phenoxy) is 1. The smallest absolute Gasteiger partial charge is 0.313 e. The standard InChI is InChI=1S/C18H25NO4S/c20-17(21)13-24-11-10-19-18(22)15-6-8-16(9-7-15)23-12-14-4-2-1-3-5-14/h6-9,14H,1-5,10-13H2,(H,19,22)(H,20,21). The normalized spacial score (nSPS) is 15.0. The molecule has 0 atom stereocenters. The number of carbonyl (C=O) groups is 2. The molecule has 0 aromatic heterocycles. The summed E-state index contributed by atoms with van der Waals surface area (Å²) >= 11 is 1.29. The number of carbonyl (C=O) groups excluding carboxylic acids is 1. The first-order chi connectivity index (χ1) is 11.6. The van der Waals surface area contributed by atoms with Gasteiger partial charge in [0, 0.05) is 17.9 Å². The number of nitrogens with one attached hydrogen (secondary N) is 1. The Morgan fingerprint density at radius 1 is 1.17 bits per heavy atom. The van der Waals surface area contributed by atoms with Gasteiger partial charge in [-0.05, 0) is 43.0 Å². The summed E-state index contributed by atoms with van der Waals surface area (Å²) in [5, 5.41) is 11.3. The highest BCUT2D eigenvalue weighted by Gasteiger charge is 2.14. The fourth-order valence-electron chi connectivity index (χ4n) is 2.77. The molecular weight excluding hydrogens is 326 g/mol. The van der Waals surface area contributed by atoms with Gasteiger partial charge in [0.2, 0.25) is 0 Å². The van der Waals surface area contributed by atoms with E-state index in [1.807, 2.05) is 12.1 Å². The first-order valence-electron chi connectivity index (χ1n) is 8.46. The molecule has 0 heterocycles. The van der Waals surface area contributed by atoms with E-state index in [1.54, 1.807) is 12.1 Å². The van der Waals surface area contributed by atoms with E-state index in [9.17, 15) is 9.59 Å². The number of carboxylic acid groups (broad SMARTS) is 1. The van der Waals surface area contributed by atoms with Gasteiger partial charge in [-0.3, -0.25) is 9.59 Å². The fourth-order valence-corrected chi connectivity index (χ4v) is 3.33. The molecule has 1 fully saturated rings. The van der Waals surface area contributed by atoms with Crippen LogP contribution < -0.4 is 10.1 Å². The van der Waals surface area contributed by atoms with Crippen molar-refractivity contribution in [3.05, 3.63) is 29.8 Å². The first-order valence-corrected chi connectivity index (χ1v) is 9.61. The summed E-state index contributed by atoms with van der Waals surface area (Å²) < 4.78 is 5.83. The Balaban J connectivity index is 1.68. The highest BCUT2D eigenvalue weighted by atomic mass is 32.2. The molecule has 24 heavy (non-hydrogen) atoms. The van der Waals surface area contributed by atoms with E-state index in [4.69, 9.17) is 9.84 Å². The average molecular weight is 351 g/mol. The monoisotopic (exact) mass is 351 g/mol. The van der Waals surface area contributed by atoms with Crippen LogP contribution in [0, 0.1) is 5.92 Å². The maximum absolute atomic E-state index is 12.0. The molecule has 1 aromatic carbocycles. The lowest BCUT2D eigenvalue weighted by Gasteiger charge is -2.21. The van der Waals surface area contributed by atoms with Gasteiger partial charge in [0.15, 0.2) is 0 Å². The van der Waals surface area contributed by atoms with Crippen LogP contribution in [-0.2, 0) is 4.79 Å². The Morgan fingerprint density at radius 3 is 2.54 bits per heavy atom. The second-order valence-electron chi connectivity index (χ2n) is 6.04. The third kappa shape index (κ3) is 6.83. The van der Waals surface area contributed by atoms with E-state index in [2.05, 4.69) is 5.32 Å². The quantitative estimate of drug-likeness (QED) is 0.668. The summed E-state index contributed by atoms with van der Waals surface area (Å²) in [5.41, 5.74) is 0.586. The maximum atomic E-state index is 12.0. The average Bonchev–Trinajstić information content (AvgIpc) is 2.60. The molecule has 132 valence electrons. The third-order valence-corrected chi connectivity index (χ3v) is 5.03. The molecule has 2 N–H and O–H groups in total. The van der Waals surface area contributed by atoms with Crippen molar-refractivity contribution in [3.8, 4) is 5.75 Å². The number of thioether (sulfide) groups is 1. The predicted molar refractivity (Wildman–Crippen MR) is 95.8 cm³/mol. The van der Waals surface area contributed by atoms with Crippen LogP contribution in [0.25, 0.3) is 0 Å². The molecule has 0 radical (unpaired) electrons. The minimum absolute atomic E-state index is 0.0584. The van der Waals surface area contributed by atoms with Crippen molar-refractivity contribution < 1.29 is 19.4 Å². The van der Waals surface area contributed by atoms with E-state index >= 15 is 0 Å². The molecule has 1 aliphatic carbocycles. The molecule has 1 saturated carbocycles. The van der Waals surface area contributed by atoms with Crippen molar-refractivity contribution in [2.45, 2.75) is 32.1 Å². The molecule has 2 rings (SSSR count). The number of rotatable bonds is 9. The molecular formula is C18H25NO4S. The van der Waals surface area contributed by atoms with E-state index in [0.717, 1.165) is 12.4 Å². The van der Waals surface area contributed by atoms with Gasteiger partial charge >= 0.3 is 5.97 Å². The minimum Gasteiger partial charge on any atom is -0.493 e. The minimum atomic E-state index is -0.838. The molecule has 5 nitrogen and oxygen atoms in total. The first kappa shape index (κ1) is 18.6. The van der Waals surface area contributed by atoms with Crippen LogP contribution >= 0.6 is 11.8 Å². The van der Waals surface area contributed by atoms with E-state index in [1.165, 1.54) is 43.9 Å². The number of hydrogen-bond donors (Lipinski definition) is 2. The lowest BCUT2D eigenvalue weighted by Crippen LogP contribution is -2.26.